The molecular weight excluding hydrogens is 354 g/mol. The SMILES string of the molecule is CCN1CCN(C(=O)COc2ccc(S(=O)(=O)N3CCCC3)cc2)CC1. The maximum Gasteiger partial charge on any atom is 0.260 e. The summed E-state index contributed by atoms with van der Waals surface area (Å²) in [7, 11) is -3.41. The Hall–Kier alpha value is -1.64. The fourth-order valence-electron chi connectivity index (χ4n) is 3.34. The minimum Gasteiger partial charge on any atom is -0.484 e. The number of piperazine rings is 1. The van der Waals surface area contributed by atoms with Crippen molar-refractivity contribution < 1.29 is 17.9 Å². The maximum atomic E-state index is 12.5. The lowest BCUT2D eigenvalue weighted by molar-refractivity contribution is -0.135. The van der Waals surface area contributed by atoms with Crippen LogP contribution in [0.4, 0.5) is 0 Å². The van der Waals surface area contributed by atoms with Gasteiger partial charge in [0.2, 0.25) is 10.0 Å². The molecule has 0 N–H and O–H groups in total. The molecule has 0 saturated carbocycles. The van der Waals surface area contributed by atoms with Crippen LogP contribution >= 0.6 is 0 Å². The normalized spacial score (nSPS) is 19.7. The lowest BCUT2D eigenvalue weighted by atomic mass is 10.3. The second kappa shape index (κ2) is 8.37. The van der Waals surface area contributed by atoms with Crippen LogP contribution in [-0.4, -0.2) is 80.9 Å². The lowest BCUT2D eigenvalue weighted by Crippen LogP contribution is -2.49. The number of hydrogen-bond donors (Lipinski definition) is 0. The van der Waals surface area contributed by atoms with Crippen LogP contribution < -0.4 is 4.74 Å². The number of benzene rings is 1. The van der Waals surface area contributed by atoms with Crippen LogP contribution in [0.2, 0.25) is 0 Å². The monoisotopic (exact) mass is 381 g/mol. The van der Waals surface area contributed by atoms with Gasteiger partial charge in [-0.05, 0) is 43.7 Å². The van der Waals surface area contributed by atoms with Crippen molar-refractivity contribution in [3.63, 3.8) is 0 Å². The van der Waals surface area contributed by atoms with Gasteiger partial charge in [0.25, 0.3) is 5.91 Å². The Kier molecular flexibility index (Phi) is 6.16. The smallest absolute Gasteiger partial charge is 0.260 e. The second-order valence-electron chi connectivity index (χ2n) is 6.69. The zero-order valence-corrected chi connectivity index (χ0v) is 16.1. The summed E-state index contributed by atoms with van der Waals surface area (Å²) < 4.78 is 32.1. The summed E-state index contributed by atoms with van der Waals surface area (Å²) in [6.07, 6.45) is 1.82. The number of hydrogen-bond acceptors (Lipinski definition) is 5. The van der Waals surface area contributed by atoms with Crippen molar-refractivity contribution in [1.29, 1.82) is 0 Å². The van der Waals surface area contributed by atoms with E-state index in [1.807, 2.05) is 4.90 Å². The van der Waals surface area contributed by atoms with Gasteiger partial charge in [0.05, 0.1) is 4.90 Å². The highest BCUT2D eigenvalue weighted by atomic mass is 32.2. The molecule has 0 spiro atoms. The lowest BCUT2D eigenvalue weighted by Gasteiger charge is -2.33. The van der Waals surface area contributed by atoms with Crippen molar-refractivity contribution in [2.24, 2.45) is 0 Å². The highest BCUT2D eigenvalue weighted by molar-refractivity contribution is 7.89. The van der Waals surface area contributed by atoms with Gasteiger partial charge in [0.15, 0.2) is 6.61 Å². The Balaban J connectivity index is 1.52. The fraction of sp³-hybridized carbons (Fsp3) is 0.611. The van der Waals surface area contributed by atoms with Crippen LogP contribution in [0.5, 0.6) is 5.75 Å². The molecule has 144 valence electrons. The number of amides is 1. The third-order valence-corrected chi connectivity index (χ3v) is 6.97. The molecule has 2 aliphatic rings. The maximum absolute atomic E-state index is 12.5. The minimum atomic E-state index is -3.41. The van der Waals surface area contributed by atoms with Crippen molar-refractivity contribution in [3.05, 3.63) is 24.3 Å². The van der Waals surface area contributed by atoms with E-state index < -0.39 is 10.0 Å². The highest BCUT2D eigenvalue weighted by Gasteiger charge is 2.27. The fourth-order valence-corrected chi connectivity index (χ4v) is 4.85. The van der Waals surface area contributed by atoms with E-state index >= 15 is 0 Å². The minimum absolute atomic E-state index is 0.0235. The summed E-state index contributed by atoms with van der Waals surface area (Å²) in [5.74, 6) is 0.473. The molecule has 0 aromatic heterocycles. The molecule has 0 radical (unpaired) electrons. The highest BCUT2D eigenvalue weighted by Crippen LogP contribution is 2.23. The van der Waals surface area contributed by atoms with Crippen molar-refractivity contribution in [2.45, 2.75) is 24.7 Å². The third kappa shape index (κ3) is 4.36. The Bertz CT molecular complexity index is 706. The second-order valence-corrected chi connectivity index (χ2v) is 8.62. The summed E-state index contributed by atoms with van der Waals surface area (Å²) in [4.78, 5) is 16.6. The molecule has 2 heterocycles. The van der Waals surface area contributed by atoms with E-state index in [4.69, 9.17) is 4.74 Å². The molecule has 8 heteroatoms. The van der Waals surface area contributed by atoms with Crippen LogP contribution in [-0.2, 0) is 14.8 Å². The van der Waals surface area contributed by atoms with E-state index in [9.17, 15) is 13.2 Å². The zero-order chi connectivity index (χ0) is 18.6. The van der Waals surface area contributed by atoms with Crippen LogP contribution in [0.1, 0.15) is 19.8 Å². The molecule has 2 saturated heterocycles. The molecular formula is C18H27N3O4S. The van der Waals surface area contributed by atoms with Crippen LogP contribution in [0.3, 0.4) is 0 Å². The molecule has 2 aliphatic heterocycles. The molecule has 3 rings (SSSR count). The standard InChI is InChI=1S/C18H27N3O4S/c1-2-19-11-13-20(14-12-19)18(22)15-25-16-5-7-17(8-6-16)26(23,24)21-9-3-4-10-21/h5-8H,2-4,9-15H2,1H3. The molecule has 1 amide bonds. The molecule has 1 aromatic rings. The first-order chi connectivity index (χ1) is 12.5. The van der Waals surface area contributed by atoms with Gasteiger partial charge in [-0.3, -0.25) is 4.79 Å². The largest absolute Gasteiger partial charge is 0.484 e. The number of carbonyl (C=O) groups excluding carboxylic acids is 1. The zero-order valence-electron chi connectivity index (χ0n) is 15.3. The third-order valence-electron chi connectivity index (χ3n) is 5.06. The van der Waals surface area contributed by atoms with Crippen LogP contribution in [0.25, 0.3) is 0 Å². The van der Waals surface area contributed by atoms with Crippen molar-refractivity contribution in [2.75, 3.05) is 52.4 Å². The van der Waals surface area contributed by atoms with Gasteiger partial charge in [0, 0.05) is 39.3 Å². The quantitative estimate of drug-likeness (QED) is 0.736. The summed E-state index contributed by atoms with van der Waals surface area (Å²) in [5.41, 5.74) is 0. The molecule has 0 unspecified atom stereocenters. The average Bonchev–Trinajstić information content (AvgIpc) is 3.22. The van der Waals surface area contributed by atoms with E-state index in [1.54, 1.807) is 24.3 Å². The molecule has 26 heavy (non-hydrogen) atoms. The van der Waals surface area contributed by atoms with Gasteiger partial charge < -0.3 is 14.5 Å². The molecule has 1 aromatic carbocycles. The average molecular weight is 381 g/mol. The summed E-state index contributed by atoms with van der Waals surface area (Å²) in [6, 6.07) is 6.33. The van der Waals surface area contributed by atoms with Gasteiger partial charge in [-0.25, -0.2) is 8.42 Å². The topological polar surface area (TPSA) is 70.2 Å². The molecule has 0 aliphatic carbocycles. The van der Waals surface area contributed by atoms with Gasteiger partial charge in [0.1, 0.15) is 5.75 Å². The number of rotatable bonds is 6. The Labute approximate surface area is 155 Å². The Morgan fingerprint density at radius 3 is 2.19 bits per heavy atom. The van der Waals surface area contributed by atoms with Crippen molar-refractivity contribution >= 4 is 15.9 Å². The van der Waals surface area contributed by atoms with E-state index in [1.165, 1.54) is 4.31 Å². The van der Waals surface area contributed by atoms with Crippen LogP contribution in [0, 0.1) is 0 Å². The van der Waals surface area contributed by atoms with E-state index in [0.29, 0.717) is 18.8 Å². The predicted molar refractivity (Wildman–Crippen MR) is 98.6 cm³/mol. The summed E-state index contributed by atoms with van der Waals surface area (Å²) in [5, 5.41) is 0. The van der Waals surface area contributed by atoms with Crippen molar-refractivity contribution in [3.8, 4) is 5.75 Å². The first-order valence-electron chi connectivity index (χ1n) is 9.24. The van der Waals surface area contributed by atoms with Gasteiger partial charge in [-0.2, -0.15) is 4.31 Å². The van der Waals surface area contributed by atoms with Gasteiger partial charge in [-0.1, -0.05) is 6.92 Å². The molecule has 0 atom stereocenters. The van der Waals surface area contributed by atoms with Crippen molar-refractivity contribution in [1.82, 2.24) is 14.1 Å². The van der Waals surface area contributed by atoms with Gasteiger partial charge in [-0.15, -0.1) is 0 Å². The Morgan fingerprint density at radius 1 is 1.00 bits per heavy atom. The number of carbonyl (C=O) groups is 1. The van der Waals surface area contributed by atoms with Gasteiger partial charge >= 0.3 is 0 Å². The Morgan fingerprint density at radius 2 is 1.62 bits per heavy atom. The number of nitrogens with zero attached hydrogens (tertiary/aromatic N) is 3. The molecule has 0 bridgehead atoms. The predicted octanol–water partition coefficient (Wildman–Crippen LogP) is 1.01. The molecule has 7 nitrogen and oxygen atoms in total. The number of ether oxygens (including phenoxy) is 1. The van der Waals surface area contributed by atoms with Crippen LogP contribution in [0.15, 0.2) is 29.2 Å². The van der Waals surface area contributed by atoms with E-state index in [-0.39, 0.29) is 17.4 Å². The first kappa shape index (κ1) is 19.1. The first-order valence-corrected chi connectivity index (χ1v) is 10.7. The number of likely N-dealkylation sites (N-methyl/N-ethyl adjacent to an activating group) is 1. The van der Waals surface area contributed by atoms with E-state index in [2.05, 4.69) is 11.8 Å². The summed E-state index contributed by atoms with van der Waals surface area (Å²) >= 11 is 0. The van der Waals surface area contributed by atoms with E-state index in [0.717, 1.165) is 45.6 Å². The summed E-state index contributed by atoms with van der Waals surface area (Å²) in [6.45, 7) is 7.51. The molecule has 2 fully saturated rings. The number of sulfonamides is 1.